The lowest BCUT2D eigenvalue weighted by Gasteiger charge is -2.33. The Morgan fingerprint density at radius 2 is 1.51 bits per heavy atom. The van der Waals surface area contributed by atoms with Gasteiger partial charge in [-0.3, -0.25) is 13.9 Å². The fourth-order valence-corrected chi connectivity index (χ4v) is 6.26. The van der Waals surface area contributed by atoms with E-state index in [4.69, 9.17) is 23.2 Å². The number of hydrogen-bond acceptors (Lipinski definition) is 4. The first kappa shape index (κ1) is 32.0. The van der Waals surface area contributed by atoms with Crippen molar-refractivity contribution in [2.45, 2.75) is 30.8 Å². The predicted molar refractivity (Wildman–Crippen MR) is 167 cm³/mol. The first-order valence-corrected chi connectivity index (χ1v) is 15.5. The Morgan fingerprint density at radius 3 is 2.12 bits per heavy atom. The molecule has 1 unspecified atom stereocenters. The van der Waals surface area contributed by atoms with E-state index in [1.807, 2.05) is 37.3 Å². The summed E-state index contributed by atoms with van der Waals surface area (Å²) in [4.78, 5) is 28.7. The molecule has 11 heteroatoms. The zero-order valence-electron chi connectivity index (χ0n) is 23.5. The quantitative estimate of drug-likeness (QED) is 0.217. The van der Waals surface area contributed by atoms with Gasteiger partial charge in [0.2, 0.25) is 11.8 Å². The lowest BCUT2D eigenvalue weighted by atomic mass is 10.0. The van der Waals surface area contributed by atoms with Crippen molar-refractivity contribution >= 4 is 50.7 Å². The second kappa shape index (κ2) is 14.0. The van der Waals surface area contributed by atoms with Crippen molar-refractivity contribution in [2.75, 3.05) is 17.9 Å². The largest absolute Gasteiger partial charge is 0.357 e. The van der Waals surface area contributed by atoms with E-state index in [0.717, 1.165) is 39.7 Å². The molecule has 0 saturated carbocycles. The van der Waals surface area contributed by atoms with Crippen molar-refractivity contribution in [3.05, 3.63) is 130 Å². The second-order valence-electron chi connectivity index (χ2n) is 9.89. The Bertz CT molecular complexity index is 1690. The summed E-state index contributed by atoms with van der Waals surface area (Å²) in [5.74, 6) is -1.67. The normalized spacial score (nSPS) is 11.9. The van der Waals surface area contributed by atoms with Gasteiger partial charge in [-0.05, 0) is 66.6 Å². The Labute approximate surface area is 260 Å². The van der Waals surface area contributed by atoms with Gasteiger partial charge < -0.3 is 10.2 Å². The van der Waals surface area contributed by atoms with Gasteiger partial charge in [0, 0.05) is 20.0 Å². The number of nitrogens with one attached hydrogen (secondary N) is 1. The monoisotopic (exact) mass is 641 g/mol. The third-order valence-corrected chi connectivity index (χ3v) is 9.38. The molecule has 2 amide bonds. The number of anilines is 1. The zero-order chi connectivity index (χ0) is 31.1. The van der Waals surface area contributed by atoms with Gasteiger partial charge >= 0.3 is 0 Å². The molecule has 0 spiro atoms. The lowest BCUT2D eigenvalue weighted by Crippen LogP contribution is -2.53. The number of rotatable bonds is 11. The molecule has 43 heavy (non-hydrogen) atoms. The summed E-state index contributed by atoms with van der Waals surface area (Å²) in [6, 6.07) is 24.1. The minimum Gasteiger partial charge on any atom is -0.357 e. The van der Waals surface area contributed by atoms with Gasteiger partial charge in [-0.25, -0.2) is 12.8 Å². The summed E-state index contributed by atoms with van der Waals surface area (Å²) in [7, 11) is -2.86. The van der Waals surface area contributed by atoms with Crippen molar-refractivity contribution in [1.82, 2.24) is 10.2 Å². The maximum Gasteiger partial charge on any atom is 0.264 e. The fraction of sp³-hybridized carbons (Fsp3) is 0.188. The molecule has 0 aliphatic carbocycles. The number of benzene rings is 4. The van der Waals surface area contributed by atoms with E-state index in [1.54, 1.807) is 42.5 Å². The molecular weight excluding hydrogens is 612 g/mol. The highest BCUT2D eigenvalue weighted by Gasteiger charge is 2.34. The Morgan fingerprint density at radius 1 is 0.860 bits per heavy atom. The van der Waals surface area contributed by atoms with Crippen molar-refractivity contribution in [3.63, 3.8) is 0 Å². The van der Waals surface area contributed by atoms with Gasteiger partial charge in [-0.2, -0.15) is 0 Å². The van der Waals surface area contributed by atoms with Crippen LogP contribution in [0.5, 0.6) is 0 Å². The van der Waals surface area contributed by atoms with Crippen LogP contribution in [0.2, 0.25) is 10.0 Å². The highest BCUT2D eigenvalue weighted by atomic mass is 35.5. The van der Waals surface area contributed by atoms with E-state index in [0.29, 0.717) is 10.6 Å². The molecule has 1 N–H and O–H groups in total. The van der Waals surface area contributed by atoms with Gasteiger partial charge in [-0.1, -0.05) is 77.3 Å². The molecule has 4 rings (SSSR count). The standard InChI is InChI=1S/C32H30Cl2FN3O4S/c1-22-8-13-26(14-9-22)38(43(41,42)27-15-11-25(35)12-16-27)21-31(39)37(20-24-10-17-28(33)29(34)18-24)30(32(40)36-2)19-23-6-4-3-5-7-23/h3-18,30H,19-21H2,1-2H3,(H,36,40). The minimum atomic E-state index is -4.33. The van der Waals surface area contributed by atoms with Gasteiger partial charge in [0.05, 0.1) is 20.6 Å². The summed E-state index contributed by atoms with van der Waals surface area (Å²) < 4.78 is 42.4. The molecule has 4 aromatic rings. The number of sulfonamides is 1. The van der Waals surface area contributed by atoms with E-state index in [2.05, 4.69) is 5.32 Å². The van der Waals surface area contributed by atoms with Crippen LogP contribution in [0.3, 0.4) is 0 Å². The van der Waals surface area contributed by atoms with E-state index < -0.39 is 40.2 Å². The predicted octanol–water partition coefficient (Wildman–Crippen LogP) is 6.02. The zero-order valence-corrected chi connectivity index (χ0v) is 25.8. The van der Waals surface area contributed by atoms with E-state index >= 15 is 0 Å². The van der Waals surface area contributed by atoms with Gasteiger partial charge in [-0.15, -0.1) is 0 Å². The third kappa shape index (κ3) is 7.93. The number of hydrogen-bond donors (Lipinski definition) is 1. The van der Waals surface area contributed by atoms with Crippen LogP contribution < -0.4 is 9.62 Å². The summed E-state index contributed by atoms with van der Waals surface area (Å²) in [6.07, 6.45) is 0.169. The number of aryl methyl sites for hydroxylation is 1. The van der Waals surface area contributed by atoms with Gasteiger partial charge in [0.1, 0.15) is 18.4 Å². The van der Waals surface area contributed by atoms with Gasteiger partial charge in [0.25, 0.3) is 10.0 Å². The molecule has 0 heterocycles. The maximum atomic E-state index is 14.3. The molecule has 7 nitrogen and oxygen atoms in total. The molecule has 4 aromatic carbocycles. The first-order valence-electron chi connectivity index (χ1n) is 13.3. The van der Waals surface area contributed by atoms with Gasteiger partial charge in [0.15, 0.2) is 0 Å². The Kier molecular flexibility index (Phi) is 10.4. The first-order chi connectivity index (χ1) is 20.5. The smallest absolute Gasteiger partial charge is 0.264 e. The molecule has 0 aliphatic rings. The van der Waals surface area contributed by atoms with E-state index in [-0.39, 0.29) is 28.6 Å². The molecule has 0 aromatic heterocycles. The number of amides is 2. The summed E-state index contributed by atoms with van der Waals surface area (Å²) in [6.45, 7) is 1.16. The molecule has 0 saturated heterocycles. The molecular formula is C32H30Cl2FN3O4S. The van der Waals surface area contributed by atoms with Crippen LogP contribution in [0.1, 0.15) is 16.7 Å². The highest BCUT2D eigenvalue weighted by Crippen LogP contribution is 2.27. The fourth-order valence-electron chi connectivity index (χ4n) is 4.53. The van der Waals surface area contributed by atoms with E-state index in [1.165, 1.54) is 11.9 Å². The number of carbonyl (C=O) groups is 2. The Hall–Kier alpha value is -3.92. The molecule has 0 radical (unpaired) electrons. The topological polar surface area (TPSA) is 86.8 Å². The van der Waals surface area contributed by atoms with Crippen LogP contribution in [0.15, 0.2) is 102 Å². The second-order valence-corrected chi connectivity index (χ2v) is 12.6. The highest BCUT2D eigenvalue weighted by molar-refractivity contribution is 7.92. The average Bonchev–Trinajstić information content (AvgIpc) is 3.00. The number of halogens is 3. The minimum absolute atomic E-state index is 0.0566. The molecule has 224 valence electrons. The summed E-state index contributed by atoms with van der Waals surface area (Å²) in [5, 5.41) is 3.23. The average molecular weight is 643 g/mol. The van der Waals surface area contributed by atoms with Crippen molar-refractivity contribution < 1.29 is 22.4 Å². The summed E-state index contributed by atoms with van der Waals surface area (Å²) in [5.41, 5.74) is 2.51. The number of likely N-dealkylation sites (N-methyl/N-ethyl adjacent to an activating group) is 1. The van der Waals surface area contributed by atoms with Crippen LogP contribution >= 0.6 is 23.2 Å². The van der Waals surface area contributed by atoms with Crippen LogP contribution in [-0.2, 0) is 32.6 Å². The molecule has 0 aliphatic heterocycles. The van der Waals surface area contributed by atoms with Crippen LogP contribution in [0, 0.1) is 12.7 Å². The molecule has 0 bridgehead atoms. The summed E-state index contributed by atoms with van der Waals surface area (Å²) >= 11 is 12.4. The third-order valence-electron chi connectivity index (χ3n) is 6.86. The molecule has 1 atom stereocenters. The lowest BCUT2D eigenvalue weighted by molar-refractivity contribution is -0.139. The maximum absolute atomic E-state index is 14.3. The van der Waals surface area contributed by atoms with Crippen molar-refractivity contribution in [1.29, 1.82) is 0 Å². The van der Waals surface area contributed by atoms with E-state index in [9.17, 15) is 22.4 Å². The van der Waals surface area contributed by atoms with Crippen molar-refractivity contribution in [2.24, 2.45) is 0 Å². The number of carbonyl (C=O) groups excluding carboxylic acids is 2. The van der Waals surface area contributed by atoms with Crippen LogP contribution in [-0.4, -0.2) is 44.8 Å². The van der Waals surface area contributed by atoms with Crippen molar-refractivity contribution in [3.8, 4) is 0 Å². The number of nitrogens with zero attached hydrogens (tertiary/aromatic N) is 2. The SMILES string of the molecule is CNC(=O)C(Cc1ccccc1)N(Cc1ccc(Cl)c(Cl)c1)C(=O)CN(c1ccc(C)cc1)S(=O)(=O)c1ccc(F)cc1. The molecule has 0 fully saturated rings. The van der Waals surface area contributed by atoms with Crippen LogP contribution in [0.25, 0.3) is 0 Å². The van der Waals surface area contributed by atoms with Crippen LogP contribution in [0.4, 0.5) is 10.1 Å². The Balaban J connectivity index is 1.79.